The van der Waals surface area contributed by atoms with E-state index in [1.54, 1.807) is 19.2 Å². The van der Waals surface area contributed by atoms with Crippen molar-refractivity contribution in [2.45, 2.75) is 31.3 Å². The summed E-state index contributed by atoms with van der Waals surface area (Å²) < 4.78 is 22.5. The third-order valence-electron chi connectivity index (χ3n) is 7.21. The Morgan fingerprint density at radius 2 is 1.95 bits per heavy atom. The van der Waals surface area contributed by atoms with Gasteiger partial charge in [-0.1, -0.05) is 24.3 Å². The molecule has 2 fully saturated rings. The van der Waals surface area contributed by atoms with Crippen molar-refractivity contribution in [2.75, 3.05) is 50.1 Å². The Hall–Kier alpha value is -4.26. The van der Waals surface area contributed by atoms with Gasteiger partial charge in [0.05, 0.1) is 12.2 Å². The fourth-order valence-electron chi connectivity index (χ4n) is 5.08. The molecule has 2 amide bonds. The molecule has 214 valence electrons. The normalized spacial score (nSPS) is 21.7. The summed E-state index contributed by atoms with van der Waals surface area (Å²) in [5.74, 6) is 1.49. The second-order valence-electron chi connectivity index (χ2n) is 10.1. The van der Waals surface area contributed by atoms with Gasteiger partial charge in [0.1, 0.15) is 24.1 Å². The Balaban J connectivity index is 1.00. The molecule has 12 heteroatoms. The summed E-state index contributed by atoms with van der Waals surface area (Å²) in [5, 5.41) is 9.38. The smallest absolute Gasteiger partial charge is 0.415 e. The zero-order valence-electron chi connectivity index (χ0n) is 22.7. The highest BCUT2D eigenvalue weighted by Crippen LogP contribution is 2.30. The Labute approximate surface area is 237 Å². The average Bonchev–Trinajstić information content (AvgIpc) is 3.60. The van der Waals surface area contributed by atoms with Crippen LogP contribution < -0.4 is 30.3 Å². The van der Waals surface area contributed by atoms with Gasteiger partial charge in [-0.05, 0) is 42.8 Å². The third-order valence-corrected chi connectivity index (χ3v) is 7.21. The molecule has 6 rings (SSSR count). The number of hydrogen-bond donors (Lipinski definition) is 3. The molecular weight excluding hydrogens is 528 g/mol. The summed E-state index contributed by atoms with van der Waals surface area (Å²) in [4.78, 5) is 34.7. The number of ether oxygens (including phenoxy) is 4. The van der Waals surface area contributed by atoms with E-state index in [1.165, 1.54) is 4.90 Å². The van der Waals surface area contributed by atoms with Gasteiger partial charge in [0.2, 0.25) is 5.88 Å². The maximum atomic E-state index is 12.5. The minimum atomic E-state index is -0.459. The zero-order chi connectivity index (χ0) is 28.2. The number of methoxy groups -OCH3 is 1. The number of carbonyl (C=O) groups excluding carboxylic acids is 2. The van der Waals surface area contributed by atoms with Crippen LogP contribution in [0.2, 0.25) is 0 Å². The highest BCUT2D eigenvalue weighted by Gasteiger charge is 2.34. The molecule has 3 atom stereocenters. The standard InChI is InChI=1S/C29H32N6O6/c1-38-23-14-31-15-24(23)41-27-7-3-6-21(32-27)19-5-2-4-18(12-19)13-30-11-10-20-16-35(29(37)40-20)25-9-8-22-28(33-25)34-26(36)17-39-22/h2-9,12,20,23-24,30-31H,10-11,13-17H2,1H3,(H,33,34,36)/t20-,23-,24+/m0/s1. The van der Waals surface area contributed by atoms with Crippen LogP contribution in [-0.4, -0.2) is 80.2 Å². The maximum Gasteiger partial charge on any atom is 0.415 e. The summed E-state index contributed by atoms with van der Waals surface area (Å²) in [6.07, 6.45) is -0.156. The van der Waals surface area contributed by atoms with Crippen LogP contribution in [0.25, 0.3) is 11.3 Å². The topological polar surface area (TPSA) is 136 Å². The van der Waals surface area contributed by atoms with Crippen LogP contribution >= 0.6 is 0 Å². The number of benzene rings is 1. The van der Waals surface area contributed by atoms with Crippen molar-refractivity contribution in [3.8, 4) is 22.9 Å². The first-order valence-electron chi connectivity index (χ1n) is 13.6. The van der Waals surface area contributed by atoms with Gasteiger partial charge in [0.25, 0.3) is 5.91 Å². The molecule has 0 spiro atoms. The Morgan fingerprint density at radius 3 is 2.85 bits per heavy atom. The molecule has 12 nitrogen and oxygen atoms in total. The second kappa shape index (κ2) is 12.1. The van der Waals surface area contributed by atoms with Crippen molar-refractivity contribution in [1.29, 1.82) is 0 Å². The summed E-state index contributed by atoms with van der Waals surface area (Å²) in [6, 6.07) is 17.4. The molecule has 3 aromatic rings. The van der Waals surface area contributed by atoms with Gasteiger partial charge in [-0.2, -0.15) is 0 Å². The number of anilines is 2. The first-order chi connectivity index (χ1) is 20.1. The van der Waals surface area contributed by atoms with Gasteiger partial charge in [-0.3, -0.25) is 9.69 Å². The number of aromatic nitrogens is 2. The van der Waals surface area contributed by atoms with E-state index in [2.05, 4.69) is 33.1 Å². The Bertz CT molecular complexity index is 1420. The largest absolute Gasteiger partial charge is 0.480 e. The molecule has 0 aliphatic carbocycles. The summed E-state index contributed by atoms with van der Waals surface area (Å²) in [6.45, 7) is 3.14. The predicted molar refractivity (Wildman–Crippen MR) is 150 cm³/mol. The molecule has 0 radical (unpaired) electrons. The van der Waals surface area contributed by atoms with Crippen LogP contribution in [0.15, 0.2) is 54.6 Å². The third kappa shape index (κ3) is 6.24. The van der Waals surface area contributed by atoms with E-state index in [1.807, 2.05) is 30.3 Å². The van der Waals surface area contributed by atoms with Gasteiger partial charge in [-0.25, -0.2) is 14.8 Å². The maximum absolute atomic E-state index is 12.5. The zero-order valence-corrected chi connectivity index (χ0v) is 22.7. The Kier molecular flexibility index (Phi) is 7.94. The van der Waals surface area contributed by atoms with Gasteiger partial charge >= 0.3 is 6.09 Å². The number of hydrogen-bond acceptors (Lipinski definition) is 10. The molecule has 2 aromatic heterocycles. The number of nitrogens with one attached hydrogen (secondary N) is 3. The van der Waals surface area contributed by atoms with Crippen molar-refractivity contribution < 1.29 is 28.5 Å². The molecule has 3 aliphatic rings. The van der Waals surface area contributed by atoms with Gasteiger partial charge in [0.15, 0.2) is 18.2 Å². The lowest BCUT2D eigenvalue weighted by Gasteiger charge is -2.19. The fourth-order valence-corrected chi connectivity index (χ4v) is 5.08. The number of carbonyl (C=O) groups is 2. The van der Waals surface area contributed by atoms with Crippen LogP contribution in [0.3, 0.4) is 0 Å². The quantitative estimate of drug-likeness (QED) is 0.317. The second-order valence-corrected chi connectivity index (χ2v) is 10.1. The van der Waals surface area contributed by atoms with Crippen molar-refractivity contribution in [3.63, 3.8) is 0 Å². The number of pyridine rings is 2. The number of nitrogens with zero attached hydrogens (tertiary/aromatic N) is 3. The first-order valence-corrected chi connectivity index (χ1v) is 13.6. The Morgan fingerprint density at radius 1 is 1.07 bits per heavy atom. The average molecular weight is 561 g/mol. The van der Waals surface area contributed by atoms with Crippen molar-refractivity contribution in [2.24, 2.45) is 0 Å². The van der Waals surface area contributed by atoms with E-state index in [-0.39, 0.29) is 30.8 Å². The summed E-state index contributed by atoms with van der Waals surface area (Å²) in [7, 11) is 1.69. The van der Waals surface area contributed by atoms with Crippen LogP contribution in [-0.2, 0) is 20.8 Å². The minimum absolute atomic E-state index is 0.00491. The van der Waals surface area contributed by atoms with Crippen LogP contribution in [0.5, 0.6) is 11.6 Å². The highest BCUT2D eigenvalue weighted by molar-refractivity contribution is 5.95. The van der Waals surface area contributed by atoms with Crippen molar-refractivity contribution >= 4 is 23.6 Å². The lowest BCUT2D eigenvalue weighted by molar-refractivity contribution is -0.118. The first kappa shape index (κ1) is 26.9. The molecular formula is C29H32N6O6. The van der Waals surface area contributed by atoms with E-state index in [0.717, 1.165) is 29.9 Å². The fraction of sp³-hybridized carbons (Fsp3) is 0.379. The molecule has 5 heterocycles. The van der Waals surface area contributed by atoms with E-state index in [9.17, 15) is 9.59 Å². The number of cyclic esters (lactones) is 1. The van der Waals surface area contributed by atoms with Gasteiger partial charge < -0.3 is 34.9 Å². The molecule has 0 unspecified atom stereocenters. The summed E-state index contributed by atoms with van der Waals surface area (Å²) >= 11 is 0. The van der Waals surface area contributed by atoms with E-state index in [0.29, 0.717) is 49.3 Å². The molecule has 3 N–H and O–H groups in total. The van der Waals surface area contributed by atoms with Gasteiger partial charge in [0, 0.05) is 38.4 Å². The molecule has 41 heavy (non-hydrogen) atoms. The molecule has 2 saturated heterocycles. The minimum Gasteiger partial charge on any atom is -0.480 e. The van der Waals surface area contributed by atoms with Crippen molar-refractivity contribution in [3.05, 3.63) is 60.2 Å². The van der Waals surface area contributed by atoms with E-state index in [4.69, 9.17) is 23.9 Å². The number of amides is 2. The van der Waals surface area contributed by atoms with Crippen LogP contribution in [0.4, 0.5) is 16.4 Å². The predicted octanol–water partition coefficient (Wildman–Crippen LogP) is 2.35. The van der Waals surface area contributed by atoms with E-state index < -0.39 is 6.09 Å². The number of fused-ring (bicyclic) bond motifs is 1. The lowest BCUT2D eigenvalue weighted by Crippen LogP contribution is -2.31. The SMILES string of the molecule is CO[C@H]1CNC[C@H]1Oc1cccc(-c2cccc(CNCC[C@H]3CN(c4ccc5c(n4)NC(=O)CO5)C(=O)O3)c2)n1. The molecule has 0 saturated carbocycles. The van der Waals surface area contributed by atoms with Crippen LogP contribution in [0.1, 0.15) is 12.0 Å². The molecule has 0 bridgehead atoms. The summed E-state index contributed by atoms with van der Waals surface area (Å²) in [5.41, 5.74) is 2.95. The molecule has 1 aromatic carbocycles. The highest BCUT2D eigenvalue weighted by atomic mass is 16.6. The van der Waals surface area contributed by atoms with Crippen LogP contribution in [0, 0.1) is 0 Å². The molecule has 3 aliphatic heterocycles. The lowest BCUT2D eigenvalue weighted by atomic mass is 10.1. The number of rotatable bonds is 10. The van der Waals surface area contributed by atoms with E-state index >= 15 is 0 Å². The van der Waals surface area contributed by atoms with Gasteiger partial charge in [-0.15, -0.1) is 0 Å². The van der Waals surface area contributed by atoms with Crippen molar-refractivity contribution in [1.82, 2.24) is 20.6 Å². The monoisotopic (exact) mass is 560 g/mol.